The Kier molecular flexibility index (Phi) is 5.33. The molecule has 0 fully saturated rings. The van der Waals surface area contributed by atoms with Crippen molar-refractivity contribution in [2.75, 3.05) is 6.61 Å². The van der Waals surface area contributed by atoms with E-state index in [1.807, 2.05) is 31.2 Å². The maximum Gasteiger partial charge on any atom is 0.124 e. The van der Waals surface area contributed by atoms with Crippen molar-refractivity contribution in [1.29, 1.82) is 0 Å². The number of halogens is 3. The van der Waals surface area contributed by atoms with Crippen LogP contribution in [0, 0.1) is 0 Å². The third kappa shape index (κ3) is 3.47. The number of hydrogen-bond acceptors (Lipinski definition) is 2. The normalized spacial score (nSPS) is 12.2. The molecule has 5 heteroatoms. The molecule has 0 radical (unpaired) electrons. The predicted molar refractivity (Wildman–Crippen MR) is 87.8 cm³/mol. The lowest BCUT2D eigenvalue weighted by Gasteiger charge is -2.18. The van der Waals surface area contributed by atoms with E-state index >= 15 is 0 Å². The van der Waals surface area contributed by atoms with Gasteiger partial charge in [-0.3, -0.25) is 0 Å². The molecule has 0 saturated carbocycles. The van der Waals surface area contributed by atoms with Gasteiger partial charge in [0.25, 0.3) is 0 Å². The lowest BCUT2D eigenvalue weighted by molar-refractivity contribution is 0.335. The van der Waals surface area contributed by atoms with Crippen molar-refractivity contribution < 1.29 is 4.74 Å². The molecule has 0 saturated heterocycles. The zero-order valence-electron chi connectivity index (χ0n) is 10.9. The summed E-state index contributed by atoms with van der Waals surface area (Å²) in [5, 5.41) is 1.01. The molecule has 2 nitrogen and oxygen atoms in total. The van der Waals surface area contributed by atoms with Gasteiger partial charge in [-0.05, 0) is 42.8 Å². The van der Waals surface area contributed by atoms with Gasteiger partial charge in [-0.15, -0.1) is 0 Å². The minimum atomic E-state index is -0.330. The highest BCUT2D eigenvalue weighted by Crippen LogP contribution is 2.33. The van der Waals surface area contributed by atoms with Crippen LogP contribution >= 0.6 is 39.1 Å². The molecular weight excluding hydrogens is 361 g/mol. The first-order valence-electron chi connectivity index (χ1n) is 6.15. The Bertz CT molecular complexity index is 619. The molecule has 0 heterocycles. The van der Waals surface area contributed by atoms with E-state index in [0.717, 1.165) is 21.3 Å². The van der Waals surface area contributed by atoms with Gasteiger partial charge in [0.05, 0.1) is 22.7 Å². The van der Waals surface area contributed by atoms with Crippen molar-refractivity contribution in [3.8, 4) is 5.75 Å². The van der Waals surface area contributed by atoms with Gasteiger partial charge in [0, 0.05) is 10.0 Å². The average Bonchev–Trinajstić information content (AvgIpc) is 2.43. The number of rotatable bonds is 4. The molecule has 1 unspecified atom stereocenters. The summed E-state index contributed by atoms with van der Waals surface area (Å²) in [6.07, 6.45) is 0. The maximum absolute atomic E-state index is 6.33. The fourth-order valence-corrected chi connectivity index (χ4v) is 2.62. The van der Waals surface area contributed by atoms with E-state index in [9.17, 15) is 0 Å². The van der Waals surface area contributed by atoms with Crippen LogP contribution < -0.4 is 10.5 Å². The second kappa shape index (κ2) is 6.81. The van der Waals surface area contributed by atoms with Crippen LogP contribution in [0.2, 0.25) is 10.0 Å². The number of benzene rings is 2. The standard InChI is InChI=1S/C15H14BrCl2NO/c1-2-20-14-6-4-10(16)8-11(14)15(19)9-3-5-12(17)13(18)7-9/h3-8,15H,2,19H2,1H3. The maximum atomic E-state index is 6.33. The van der Waals surface area contributed by atoms with E-state index in [-0.39, 0.29) is 6.04 Å². The molecule has 2 rings (SSSR count). The van der Waals surface area contributed by atoms with E-state index < -0.39 is 0 Å². The highest BCUT2D eigenvalue weighted by Gasteiger charge is 2.16. The summed E-state index contributed by atoms with van der Waals surface area (Å²) in [4.78, 5) is 0. The zero-order chi connectivity index (χ0) is 14.7. The van der Waals surface area contributed by atoms with Crippen LogP contribution in [-0.2, 0) is 0 Å². The fourth-order valence-electron chi connectivity index (χ4n) is 1.93. The first-order chi connectivity index (χ1) is 9.52. The van der Waals surface area contributed by atoms with E-state index in [1.54, 1.807) is 12.1 Å². The molecule has 1 atom stereocenters. The van der Waals surface area contributed by atoms with E-state index in [1.165, 1.54) is 0 Å². The molecule has 0 aromatic heterocycles. The van der Waals surface area contributed by atoms with Gasteiger partial charge in [-0.2, -0.15) is 0 Å². The SMILES string of the molecule is CCOc1ccc(Br)cc1C(N)c1ccc(Cl)c(Cl)c1. The Morgan fingerprint density at radius 3 is 2.55 bits per heavy atom. The quantitative estimate of drug-likeness (QED) is 0.797. The third-order valence-electron chi connectivity index (χ3n) is 2.91. The molecule has 0 bridgehead atoms. The van der Waals surface area contributed by atoms with Crippen molar-refractivity contribution >= 4 is 39.1 Å². The molecule has 0 spiro atoms. The Balaban J connectivity index is 2.43. The van der Waals surface area contributed by atoms with Gasteiger partial charge in [-0.1, -0.05) is 45.2 Å². The molecule has 106 valence electrons. The van der Waals surface area contributed by atoms with Crippen LogP contribution in [0.1, 0.15) is 24.1 Å². The minimum absolute atomic E-state index is 0.330. The van der Waals surface area contributed by atoms with Gasteiger partial charge >= 0.3 is 0 Å². The van der Waals surface area contributed by atoms with Crippen LogP contribution in [0.4, 0.5) is 0 Å². The third-order valence-corrected chi connectivity index (χ3v) is 4.14. The van der Waals surface area contributed by atoms with E-state index in [4.69, 9.17) is 33.7 Å². The number of hydrogen-bond donors (Lipinski definition) is 1. The Hall–Kier alpha value is -0.740. The summed E-state index contributed by atoms with van der Waals surface area (Å²) in [5.41, 5.74) is 8.12. The van der Waals surface area contributed by atoms with Crippen molar-refractivity contribution in [3.05, 3.63) is 62.0 Å². The minimum Gasteiger partial charge on any atom is -0.494 e. The first-order valence-corrected chi connectivity index (χ1v) is 7.70. The van der Waals surface area contributed by atoms with Crippen LogP contribution in [0.25, 0.3) is 0 Å². The molecule has 2 aromatic rings. The fraction of sp³-hybridized carbons (Fsp3) is 0.200. The predicted octanol–water partition coefficient (Wildman–Crippen LogP) is 5.20. The molecule has 0 aliphatic rings. The molecule has 20 heavy (non-hydrogen) atoms. The van der Waals surface area contributed by atoms with Crippen LogP contribution in [0.15, 0.2) is 40.9 Å². The van der Waals surface area contributed by atoms with Gasteiger partial charge in [0.15, 0.2) is 0 Å². The number of nitrogens with two attached hydrogens (primary N) is 1. The van der Waals surface area contributed by atoms with Gasteiger partial charge in [0.2, 0.25) is 0 Å². The van der Waals surface area contributed by atoms with Crippen LogP contribution in [0.5, 0.6) is 5.75 Å². The topological polar surface area (TPSA) is 35.2 Å². The summed E-state index contributed by atoms with van der Waals surface area (Å²) < 4.78 is 6.58. The largest absolute Gasteiger partial charge is 0.494 e. The van der Waals surface area contributed by atoms with Gasteiger partial charge < -0.3 is 10.5 Å². The lowest BCUT2D eigenvalue weighted by Crippen LogP contribution is -2.13. The monoisotopic (exact) mass is 373 g/mol. The van der Waals surface area contributed by atoms with Crippen molar-refractivity contribution in [2.45, 2.75) is 13.0 Å². The summed E-state index contributed by atoms with van der Waals surface area (Å²) >= 11 is 15.4. The van der Waals surface area contributed by atoms with E-state index in [0.29, 0.717) is 16.7 Å². The van der Waals surface area contributed by atoms with Gasteiger partial charge in [0.1, 0.15) is 5.75 Å². The average molecular weight is 375 g/mol. The van der Waals surface area contributed by atoms with E-state index in [2.05, 4.69) is 15.9 Å². The number of ether oxygens (including phenoxy) is 1. The summed E-state index contributed by atoms with van der Waals surface area (Å²) in [5.74, 6) is 0.772. The van der Waals surface area contributed by atoms with Crippen molar-refractivity contribution in [3.63, 3.8) is 0 Å². The van der Waals surface area contributed by atoms with Gasteiger partial charge in [-0.25, -0.2) is 0 Å². The molecule has 2 N–H and O–H groups in total. The summed E-state index contributed by atoms with van der Waals surface area (Å²) in [6, 6.07) is 10.9. The highest BCUT2D eigenvalue weighted by atomic mass is 79.9. The van der Waals surface area contributed by atoms with Crippen LogP contribution in [0.3, 0.4) is 0 Å². The van der Waals surface area contributed by atoms with Crippen LogP contribution in [-0.4, -0.2) is 6.61 Å². The Morgan fingerprint density at radius 1 is 1.15 bits per heavy atom. The molecule has 0 aliphatic carbocycles. The molecule has 0 aliphatic heterocycles. The molecular formula is C15H14BrCl2NO. The van der Waals surface area contributed by atoms with Crippen molar-refractivity contribution in [1.82, 2.24) is 0 Å². The Morgan fingerprint density at radius 2 is 1.90 bits per heavy atom. The van der Waals surface area contributed by atoms with Crippen molar-refractivity contribution in [2.24, 2.45) is 5.73 Å². The lowest BCUT2D eigenvalue weighted by atomic mass is 9.99. The highest BCUT2D eigenvalue weighted by molar-refractivity contribution is 9.10. The zero-order valence-corrected chi connectivity index (χ0v) is 14.0. The second-order valence-corrected chi connectivity index (χ2v) is 6.00. The summed E-state index contributed by atoms with van der Waals surface area (Å²) in [7, 11) is 0. The second-order valence-electron chi connectivity index (χ2n) is 4.27. The smallest absolute Gasteiger partial charge is 0.124 e. The summed E-state index contributed by atoms with van der Waals surface area (Å²) in [6.45, 7) is 2.53. The Labute approximate surface area is 137 Å². The first kappa shape index (κ1) is 15.6. The molecule has 2 aromatic carbocycles. The molecule has 0 amide bonds.